The first kappa shape index (κ1) is 20.8. The zero-order valence-electron chi connectivity index (χ0n) is 14.9. The molecule has 142 valence electrons. The first-order chi connectivity index (χ1) is 12.9. The van der Waals surface area contributed by atoms with Crippen LogP contribution in [0, 0.1) is 0 Å². The number of likely N-dealkylation sites (N-methyl/N-ethyl adjacent to an activating group) is 1. The largest absolute Gasteiger partial charge is 0.496 e. The van der Waals surface area contributed by atoms with E-state index in [0.717, 1.165) is 5.56 Å². The molecule has 0 N–H and O–H groups in total. The SMILES string of the molecule is COc1ccccc1CN(C)C(=O)COC(=O)/C=C/c1ccc(Cl)c(Cl)c1. The van der Waals surface area contributed by atoms with Crippen LogP contribution in [0.5, 0.6) is 5.75 Å². The summed E-state index contributed by atoms with van der Waals surface area (Å²) in [4.78, 5) is 25.4. The normalized spacial score (nSPS) is 10.7. The summed E-state index contributed by atoms with van der Waals surface area (Å²) in [5, 5.41) is 0.820. The Morgan fingerprint density at radius 3 is 2.56 bits per heavy atom. The number of hydrogen-bond donors (Lipinski definition) is 0. The molecule has 0 fully saturated rings. The number of hydrogen-bond acceptors (Lipinski definition) is 4. The molecule has 0 heterocycles. The number of para-hydroxylation sites is 1. The second-order valence-electron chi connectivity index (χ2n) is 5.68. The van der Waals surface area contributed by atoms with Gasteiger partial charge in [-0.1, -0.05) is 47.5 Å². The second-order valence-corrected chi connectivity index (χ2v) is 6.49. The van der Waals surface area contributed by atoms with Crippen LogP contribution in [-0.2, 0) is 20.9 Å². The number of rotatable bonds is 7. The summed E-state index contributed by atoms with van der Waals surface area (Å²) in [6, 6.07) is 12.4. The van der Waals surface area contributed by atoms with E-state index >= 15 is 0 Å². The van der Waals surface area contributed by atoms with Gasteiger partial charge >= 0.3 is 5.97 Å². The van der Waals surface area contributed by atoms with Crippen LogP contribution in [0.3, 0.4) is 0 Å². The number of esters is 1. The van der Waals surface area contributed by atoms with Crippen molar-refractivity contribution in [3.8, 4) is 5.75 Å². The molecule has 0 spiro atoms. The molecule has 1 amide bonds. The fourth-order valence-corrected chi connectivity index (χ4v) is 2.56. The Morgan fingerprint density at radius 1 is 1.11 bits per heavy atom. The molecule has 0 aliphatic heterocycles. The second kappa shape index (κ2) is 10.00. The first-order valence-electron chi connectivity index (χ1n) is 8.06. The number of methoxy groups -OCH3 is 1. The van der Waals surface area contributed by atoms with E-state index in [2.05, 4.69) is 0 Å². The van der Waals surface area contributed by atoms with Crippen molar-refractivity contribution < 1.29 is 19.1 Å². The van der Waals surface area contributed by atoms with Crippen molar-refractivity contribution in [3.63, 3.8) is 0 Å². The molecule has 7 heteroatoms. The average Bonchev–Trinajstić information content (AvgIpc) is 2.67. The van der Waals surface area contributed by atoms with Crippen LogP contribution >= 0.6 is 23.2 Å². The number of nitrogens with zero attached hydrogens (tertiary/aromatic N) is 1. The summed E-state index contributed by atoms with van der Waals surface area (Å²) in [5.41, 5.74) is 1.56. The fraction of sp³-hybridized carbons (Fsp3) is 0.200. The minimum atomic E-state index is -0.625. The molecule has 0 aliphatic rings. The Balaban J connectivity index is 1.85. The zero-order valence-corrected chi connectivity index (χ0v) is 16.5. The highest BCUT2D eigenvalue weighted by atomic mass is 35.5. The summed E-state index contributed by atoms with van der Waals surface area (Å²) >= 11 is 11.8. The third-order valence-corrected chi connectivity index (χ3v) is 4.46. The van der Waals surface area contributed by atoms with E-state index in [1.807, 2.05) is 24.3 Å². The van der Waals surface area contributed by atoms with Crippen LogP contribution in [0.1, 0.15) is 11.1 Å². The summed E-state index contributed by atoms with van der Waals surface area (Å²) in [6.07, 6.45) is 2.76. The number of amides is 1. The van der Waals surface area contributed by atoms with Crippen molar-refractivity contribution >= 4 is 41.2 Å². The van der Waals surface area contributed by atoms with Crippen LogP contribution in [0.15, 0.2) is 48.5 Å². The van der Waals surface area contributed by atoms with Gasteiger partial charge in [-0.25, -0.2) is 4.79 Å². The monoisotopic (exact) mass is 407 g/mol. The molecule has 0 aliphatic carbocycles. The van der Waals surface area contributed by atoms with Gasteiger partial charge in [0.2, 0.25) is 0 Å². The van der Waals surface area contributed by atoms with E-state index in [1.54, 1.807) is 32.4 Å². The molecule has 0 radical (unpaired) electrons. The van der Waals surface area contributed by atoms with E-state index < -0.39 is 5.97 Å². The van der Waals surface area contributed by atoms with Gasteiger partial charge in [0, 0.05) is 25.2 Å². The molecule has 0 atom stereocenters. The Morgan fingerprint density at radius 2 is 1.85 bits per heavy atom. The molecule has 0 saturated carbocycles. The quantitative estimate of drug-likeness (QED) is 0.509. The molecule has 2 rings (SSSR count). The predicted molar refractivity (Wildman–Crippen MR) is 106 cm³/mol. The first-order valence-corrected chi connectivity index (χ1v) is 8.82. The third kappa shape index (κ3) is 6.31. The van der Waals surface area contributed by atoms with Crippen molar-refractivity contribution in [1.82, 2.24) is 4.90 Å². The molecular formula is C20H19Cl2NO4. The van der Waals surface area contributed by atoms with E-state index in [9.17, 15) is 9.59 Å². The summed E-state index contributed by atoms with van der Waals surface area (Å²) in [6.45, 7) is -0.00426. The smallest absolute Gasteiger partial charge is 0.331 e. The lowest BCUT2D eigenvalue weighted by Gasteiger charge is -2.18. The van der Waals surface area contributed by atoms with Crippen LogP contribution in [0.2, 0.25) is 10.0 Å². The fourth-order valence-electron chi connectivity index (χ4n) is 2.25. The van der Waals surface area contributed by atoms with E-state index in [0.29, 0.717) is 27.9 Å². The summed E-state index contributed by atoms with van der Waals surface area (Å²) < 4.78 is 10.3. The lowest BCUT2D eigenvalue weighted by molar-refractivity contribution is -0.147. The number of carbonyl (C=O) groups excluding carboxylic acids is 2. The number of ether oxygens (including phenoxy) is 2. The molecule has 2 aromatic carbocycles. The maximum atomic E-state index is 12.2. The van der Waals surface area contributed by atoms with Crippen molar-refractivity contribution in [2.75, 3.05) is 20.8 Å². The third-order valence-electron chi connectivity index (χ3n) is 3.72. The molecular weight excluding hydrogens is 389 g/mol. The Hall–Kier alpha value is -2.50. The van der Waals surface area contributed by atoms with Crippen LogP contribution < -0.4 is 4.74 Å². The average molecular weight is 408 g/mol. The zero-order chi connectivity index (χ0) is 19.8. The van der Waals surface area contributed by atoms with Crippen molar-refractivity contribution in [2.45, 2.75) is 6.54 Å². The van der Waals surface area contributed by atoms with Crippen molar-refractivity contribution in [3.05, 3.63) is 69.7 Å². The number of halogens is 2. The summed E-state index contributed by atoms with van der Waals surface area (Å²) in [5.74, 6) is -0.254. The van der Waals surface area contributed by atoms with Crippen LogP contribution in [0.4, 0.5) is 0 Å². The van der Waals surface area contributed by atoms with Gasteiger partial charge in [0.05, 0.1) is 17.2 Å². The summed E-state index contributed by atoms with van der Waals surface area (Å²) in [7, 11) is 3.21. The Labute approximate surface area is 168 Å². The maximum Gasteiger partial charge on any atom is 0.331 e. The van der Waals surface area contributed by atoms with Crippen molar-refractivity contribution in [1.29, 1.82) is 0 Å². The molecule has 0 saturated heterocycles. The van der Waals surface area contributed by atoms with Crippen LogP contribution in [-0.4, -0.2) is 37.5 Å². The molecule has 27 heavy (non-hydrogen) atoms. The van der Waals surface area contributed by atoms with E-state index in [4.69, 9.17) is 32.7 Å². The molecule has 0 bridgehead atoms. The van der Waals surface area contributed by atoms with Crippen LogP contribution in [0.25, 0.3) is 6.08 Å². The molecule has 0 unspecified atom stereocenters. The topological polar surface area (TPSA) is 55.8 Å². The lowest BCUT2D eigenvalue weighted by atomic mass is 10.2. The minimum absolute atomic E-state index is 0.322. The van der Waals surface area contributed by atoms with E-state index in [-0.39, 0.29) is 12.5 Å². The minimum Gasteiger partial charge on any atom is -0.496 e. The van der Waals surface area contributed by atoms with Gasteiger partial charge in [0.1, 0.15) is 5.75 Å². The predicted octanol–water partition coefficient (Wildman–Crippen LogP) is 4.22. The van der Waals surface area contributed by atoms with Crippen molar-refractivity contribution in [2.24, 2.45) is 0 Å². The van der Waals surface area contributed by atoms with Gasteiger partial charge in [-0.05, 0) is 29.8 Å². The standard InChI is InChI=1S/C20H19Cl2NO4/c1-23(12-15-5-3-4-6-18(15)26-2)19(24)13-27-20(25)10-8-14-7-9-16(21)17(22)11-14/h3-11H,12-13H2,1-2H3/b10-8+. The lowest BCUT2D eigenvalue weighted by Crippen LogP contribution is -2.30. The van der Waals surface area contributed by atoms with E-state index in [1.165, 1.54) is 17.1 Å². The highest BCUT2D eigenvalue weighted by Crippen LogP contribution is 2.23. The van der Waals surface area contributed by atoms with Gasteiger partial charge in [0.25, 0.3) is 5.91 Å². The highest BCUT2D eigenvalue weighted by molar-refractivity contribution is 6.42. The highest BCUT2D eigenvalue weighted by Gasteiger charge is 2.13. The van der Waals surface area contributed by atoms with Gasteiger partial charge in [-0.3, -0.25) is 4.79 Å². The Bertz CT molecular complexity index is 852. The molecule has 2 aromatic rings. The maximum absolute atomic E-state index is 12.2. The van der Waals surface area contributed by atoms with Gasteiger partial charge in [-0.15, -0.1) is 0 Å². The molecule has 0 aromatic heterocycles. The van der Waals surface area contributed by atoms with Gasteiger partial charge in [-0.2, -0.15) is 0 Å². The Kier molecular flexibility index (Phi) is 7.70. The van der Waals surface area contributed by atoms with Gasteiger partial charge < -0.3 is 14.4 Å². The number of benzene rings is 2. The van der Waals surface area contributed by atoms with Gasteiger partial charge in [0.15, 0.2) is 6.61 Å². The number of carbonyl (C=O) groups is 2. The molecule has 5 nitrogen and oxygen atoms in total.